The first-order chi connectivity index (χ1) is 17.6. The number of methoxy groups -OCH3 is 1. The molecule has 37 heavy (non-hydrogen) atoms. The molecule has 11 heteroatoms. The number of benzene rings is 2. The number of amides is 1. The number of morpholine rings is 1. The Kier molecular flexibility index (Phi) is 7.98. The van der Waals surface area contributed by atoms with Gasteiger partial charge in [-0.2, -0.15) is 0 Å². The molecule has 4 rings (SSSR count). The minimum atomic E-state index is -3.66. The van der Waals surface area contributed by atoms with Crippen LogP contribution in [0.5, 0.6) is 5.75 Å². The van der Waals surface area contributed by atoms with E-state index in [1.807, 2.05) is 0 Å². The zero-order valence-electron chi connectivity index (χ0n) is 21.1. The average molecular weight is 530 g/mol. The first-order valence-corrected chi connectivity index (χ1v) is 13.3. The predicted molar refractivity (Wildman–Crippen MR) is 137 cm³/mol. The SMILES string of the molecule is COc1ccc(C2C(=C(O)c3ccc(S(=O)(=O)N(C)C)cc3)C(=O)C(=O)N2CCN2CCOCC2)cc1. The second kappa shape index (κ2) is 11.0. The maximum atomic E-state index is 13.2. The predicted octanol–water partition coefficient (Wildman–Crippen LogP) is 1.70. The molecule has 0 aliphatic carbocycles. The molecule has 198 valence electrons. The van der Waals surface area contributed by atoms with Crippen LogP contribution in [0.2, 0.25) is 0 Å². The van der Waals surface area contributed by atoms with Crippen molar-refractivity contribution >= 4 is 27.5 Å². The lowest BCUT2D eigenvalue weighted by Crippen LogP contribution is -2.42. The first kappa shape index (κ1) is 26.8. The monoisotopic (exact) mass is 529 g/mol. The number of Topliss-reactive ketones (excluding diaryl/α,β-unsaturated/α-hetero) is 1. The van der Waals surface area contributed by atoms with E-state index in [1.165, 1.54) is 43.3 Å². The van der Waals surface area contributed by atoms with E-state index in [1.54, 1.807) is 31.4 Å². The maximum absolute atomic E-state index is 13.2. The Morgan fingerprint density at radius 3 is 2.22 bits per heavy atom. The van der Waals surface area contributed by atoms with Crippen LogP contribution in [-0.2, 0) is 24.3 Å². The highest BCUT2D eigenvalue weighted by molar-refractivity contribution is 7.89. The van der Waals surface area contributed by atoms with Crippen molar-refractivity contribution in [2.75, 3.05) is 60.6 Å². The number of ether oxygens (including phenoxy) is 2. The highest BCUT2D eigenvalue weighted by Gasteiger charge is 2.46. The summed E-state index contributed by atoms with van der Waals surface area (Å²) >= 11 is 0. The van der Waals surface area contributed by atoms with E-state index in [9.17, 15) is 23.1 Å². The van der Waals surface area contributed by atoms with Crippen LogP contribution < -0.4 is 4.74 Å². The number of likely N-dealkylation sites (tertiary alicyclic amines) is 1. The number of ketones is 1. The Hall–Kier alpha value is -3.25. The van der Waals surface area contributed by atoms with Crippen LogP contribution in [0.25, 0.3) is 5.76 Å². The second-order valence-electron chi connectivity index (χ2n) is 9.03. The Labute approximate surface area is 216 Å². The van der Waals surface area contributed by atoms with Crippen molar-refractivity contribution in [2.24, 2.45) is 0 Å². The van der Waals surface area contributed by atoms with Gasteiger partial charge >= 0.3 is 0 Å². The fourth-order valence-electron chi connectivity index (χ4n) is 4.47. The standard InChI is InChI=1S/C26H31N3O7S/c1-27(2)37(33,34)21-10-6-19(7-11-21)24(30)22-23(18-4-8-20(35-3)9-5-18)29(26(32)25(22)31)13-12-28-14-16-36-17-15-28/h4-11,23,30H,12-17H2,1-3H3. The molecule has 1 amide bonds. The molecule has 0 aromatic heterocycles. The van der Waals surface area contributed by atoms with Crippen molar-refractivity contribution in [1.29, 1.82) is 0 Å². The molecular weight excluding hydrogens is 498 g/mol. The molecule has 0 spiro atoms. The van der Waals surface area contributed by atoms with Gasteiger partial charge in [-0.3, -0.25) is 14.5 Å². The Morgan fingerprint density at radius 2 is 1.65 bits per heavy atom. The van der Waals surface area contributed by atoms with Crippen molar-refractivity contribution in [2.45, 2.75) is 10.9 Å². The van der Waals surface area contributed by atoms with Crippen LogP contribution in [0, 0.1) is 0 Å². The fourth-order valence-corrected chi connectivity index (χ4v) is 5.37. The molecule has 2 aromatic carbocycles. The molecule has 2 heterocycles. The van der Waals surface area contributed by atoms with Gasteiger partial charge < -0.3 is 19.5 Å². The van der Waals surface area contributed by atoms with E-state index >= 15 is 0 Å². The Bertz CT molecular complexity index is 1280. The summed E-state index contributed by atoms with van der Waals surface area (Å²) in [6, 6.07) is 11.8. The van der Waals surface area contributed by atoms with Crippen molar-refractivity contribution in [3.63, 3.8) is 0 Å². The molecule has 2 aromatic rings. The van der Waals surface area contributed by atoms with Gasteiger partial charge in [0.25, 0.3) is 11.7 Å². The third kappa shape index (κ3) is 5.40. The molecule has 0 saturated carbocycles. The Balaban J connectivity index is 1.73. The summed E-state index contributed by atoms with van der Waals surface area (Å²) in [7, 11) is 0.735. The normalized spacial score (nSPS) is 20.5. The van der Waals surface area contributed by atoms with Crippen LogP contribution in [-0.4, -0.2) is 99.9 Å². The van der Waals surface area contributed by atoms with E-state index in [-0.39, 0.29) is 28.3 Å². The highest BCUT2D eigenvalue weighted by Crippen LogP contribution is 2.39. The molecule has 2 fully saturated rings. The van der Waals surface area contributed by atoms with Gasteiger partial charge in [0, 0.05) is 45.8 Å². The number of carbonyl (C=O) groups is 2. The van der Waals surface area contributed by atoms with Crippen LogP contribution >= 0.6 is 0 Å². The summed E-state index contributed by atoms with van der Waals surface area (Å²) in [4.78, 5) is 30.1. The number of sulfonamides is 1. The lowest BCUT2D eigenvalue weighted by Gasteiger charge is -2.31. The number of hydrogen-bond acceptors (Lipinski definition) is 8. The number of carbonyl (C=O) groups excluding carboxylic acids is 2. The number of aliphatic hydroxyl groups excluding tert-OH is 1. The van der Waals surface area contributed by atoms with Gasteiger partial charge in [-0.15, -0.1) is 0 Å². The highest BCUT2D eigenvalue weighted by atomic mass is 32.2. The molecule has 2 saturated heterocycles. The zero-order valence-corrected chi connectivity index (χ0v) is 21.9. The first-order valence-electron chi connectivity index (χ1n) is 11.9. The number of rotatable bonds is 8. The molecule has 10 nitrogen and oxygen atoms in total. The summed E-state index contributed by atoms with van der Waals surface area (Å²) in [6.45, 7) is 3.54. The minimum absolute atomic E-state index is 0.0413. The number of aliphatic hydroxyl groups is 1. The largest absolute Gasteiger partial charge is 0.507 e. The van der Waals surface area contributed by atoms with E-state index < -0.39 is 27.8 Å². The van der Waals surface area contributed by atoms with Gasteiger partial charge in [0.15, 0.2) is 0 Å². The molecule has 0 radical (unpaired) electrons. The van der Waals surface area contributed by atoms with Gasteiger partial charge in [0.2, 0.25) is 10.0 Å². The van der Waals surface area contributed by atoms with Gasteiger partial charge in [-0.05, 0) is 42.0 Å². The zero-order chi connectivity index (χ0) is 26.7. The quantitative estimate of drug-likeness (QED) is 0.312. The summed E-state index contributed by atoms with van der Waals surface area (Å²) < 4.78 is 36.6. The van der Waals surface area contributed by atoms with Crippen molar-refractivity contribution < 1.29 is 32.6 Å². The maximum Gasteiger partial charge on any atom is 0.295 e. The number of hydrogen-bond donors (Lipinski definition) is 1. The second-order valence-corrected chi connectivity index (χ2v) is 11.2. The third-order valence-electron chi connectivity index (χ3n) is 6.64. The van der Waals surface area contributed by atoms with Gasteiger partial charge in [0.05, 0.1) is 36.8 Å². The summed E-state index contributed by atoms with van der Waals surface area (Å²) in [5.74, 6) is -1.22. The molecule has 2 aliphatic heterocycles. The van der Waals surface area contributed by atoms with Crippen molar-refractivity contribution in [3.8, 4) is 5.75 Å². The average Bonchev–Trinajstić information content (AvgIpc) is 3.17. The van der Waals surface area contributed by atoms with E-state index in [0.717, 1.165) is 17.4 Å². The smallest absolute Gasteiger partial charge is 0.295 e. The van der Waals surface area contributed by atoms with E-state index in [2.05, 4.69) is 4.90 Å². The molecule has 1 atom stereocenters. The lowest BCUT2D eigenvalue weighted by molar-refractivity contribution is -0.140. The van der Waals surface area contributed by atoms with Crippen molar-refractivity contribution in [1.82, 2.24) is 14.1 Å². The fraction of sp³-hybridized carbons (Fsp3) is 0.385. The van der Waals surface area contributed by atoms with Crippen LogP contribution in [0.4, 0.5) is 0 Å². The van der Waals surface area contributed by atoms with E-state index in [0.29, 0.717) is 31.1 Å². The van der Waals surface area contributed by atoms with Crippen LogP contribution in [0.1, 0.15) is 17.2 Å². The molecule has 2 aliphatic rings. The Morgan fingerprint density at radius 1 is 1.03 bits per heavy atom. The van der Waals surface area contributed by atoms with Gasteiger partial charge in [-0.25, -0.2) is 12.7 Å². The summed E-state index contributed by atoms with van der Waals surface area (Å²) in [5.41, 5.74) is 0.845. The minimum Gasteiger partial charge on any atom is -0.507 e. The van der Waals surface area contributed by atoms with E-state index in [4.69, 9.17) is 9.47 Å². The summed E-state index contributed by atoms with van der Waals surface area (Å²) in [6.07, 6.45) is 0. The molecule has 1 N–H and O–H groups in total. The molecular formula is C26H31N3O7S. The van der Waals surface area contributed by atoms with Crippen LogP contribution in [0.3, 0.4) is 0 Å². The number of nitrogens with zero attached hydrogens (tertiary/aromatic N) is 3. The third-order valence-corrected chi connectivity index (χ3v) is 8.47. The van der Waals surface area contributed by atoms with Gasteiger partial charge in [0.1, 0.15) is 11.5 Å². The van der Waals surface area contributed by atoms with Gasteiger partial charge in [-0.1, -0.05) is 12.1 Å². The molecule has 1 unspecified atom stereocenters. The van der Waals surface area contributed by atoms with Crippen LogP contribution in [0.15, 0.2) is 59.0 Å². The molecule has 0 bridgehead atoms. The van der Waals surface area contributed by atoms with Crippen molar-refractivity contribution in [3.05, 3.63) is 65.2 Å². The lowest BCUT2D eigenvalue weighted by atomic mass is 9.95. The summed E-state index contributed by atoms with van der Waals surface area (Å²) in [5, 5.41) is 11.2. The topological polar surface area (TPSA) is 117 Å².